The fourth-order valence-electron chi connectivity index (χ4n) is 8.20. The van der Waals surface area contributed by atoms with Crippen LogP contribution in [0.1, 0.15) is 0 Å². The lowest BCUT2D eigenvalue weighted by atomic mass is 9.92. The summed E-state index contributed by atoms with van der Waals surface area (Å²) in [4.78, 5) is 2.42. The van der Waals surface area contributed by atoms with Crippen molar-refractivity contribution in [1.82, 2.24) is 0 Å². The van der Waals surface area contributed by atoms with E-state index in [-0.39, 0.29) is 0 Å². The average Bonchev–Trinajstić information content (AvgIpc) is 3.26. The second kappa shape index (κ2) is 14.0. The van der Waals surface area contributed by atoms with Crippen molar-refractivity contribution in [3.63, 3.8) is 0 Å². The first-order valence-electron chi connectivity index (χ1n) is 18.9. The van der Waals surface area contributed by atoms with Crippen LogP contribution in [-0.2, 0) is 0 Å². The van der Waals surface area contributed by atoms with Gasteiger partial charge in [-0.1, -0.05) is 188 Å². The van der Waals surface area contributed by atoms with E-state index in [4.69, 9.17) is 0 Å². The SMILES string of the molecule is c1ccc(N(c2ccc(-c3cccc(-c4cccc5ccccc45)c3)cc2)c2cc(-c3cccc4ccccc34)ccc2-c2cccc3ccccc23)cc1. The van der Waals surface area contributed by atoms with Crippen LogP contribution >= 0.6 is 0 Å². The molecule has 0 atom stereocenters. The Morgan fingerprint density at radius 1 is 0.236 bits per heavy atom. The third kappa shape index (κ3) is 6.02. The molecule has 0 unspecified atom stereocenters. The lowest BCUT2D eigenvalue weighted by molar-refractivity contribution is 1.28. The van der Waals surface area contributed by atoms with Crippen molar-refractivity contribution in [3.05, 3.63) is 224 Å². The van der Waals surface area contributed by atoms with E-state index in [1.165, 1.54) is 76.8 Å². The van der Waals surface area contributed by atoms with Crippen molar-refractivity contribution in [3.8, 4) is 44.5 Å². The number of para-hydroxylation sites is 1. The summed E-state index contributed by atoms with van der Waals surface area (Å²) in [5.41, 5.74) is 12.9. The van der Waals surface area contributed by atoms with Crippen molar-refractivity contribution in [2.24, 2.45) is 0 Å². The van der Waals surface area contributed by atoms with Gasteiger partial charge in [0.1, 0.15) is 0 Å². The topological polar surface area (TPSA) is 3.24 Å². The van der Waals surface area contributed by atoms with Crippen LogP contribution in [0, 0.1) is 0 Å². The predicted octanol–water partition coefficient (Wildman–Crippen LogP) is 15.3. The van der Waals surface area contributed by atoms with E-state index in [9.17, 15) is 0 Å². The highest BCUT2D eigenvalue weighted by Gasteiger charge is 2.20. The average molecular weight is 700 g/mol. The van der Waals surface area contributed by atoms with Gasteiger partial charge < -0.3 is 4.90 Å². The number of hydrogen-bond acceptors (Lipinski definition) is 1. The van der Waals surface area contributed by atoms with Gasteiger partial charge >= 0.3 is 0 Å². The van der Waals surface area contributed by atoms with E-state index in [2.05, 4.69) is 229 Å². The van der Waals surface area contributed by atoms with Gasteiger partial charge in [-0.2, -0.15) is 0 Å². The lowest BCUT2D eigenvalue weighted by Gasteiger charge is -2.29. The maximum Gasteiger partial charge on any atom is 0.0546 e. The molecule has 0 aliphatic carbocycles. The first-order chi connectivity index (χ1) is 27.3. The van der Waals surface area contributed by atoms with Gasteiger partial charge in [-0.05, 0) is 108 Å². The zero-order valence-corrected chi connectivity index (χ0v) is 30.3. The highest BCUT2D eigenvalue weighted by molar-refractivity contribution is 6.04. The van der Waals surface area contributed by atoms with Gasteiger partial charge in [-0.3, -0.25) is 0 Å². The highest BCUT2D eigenvalue weighted by Crippen LogP contribution is 2.45. The summed E-state index contributed by atoms with van der Waals surface area (Å²) >= 11 is 0. The molecule has 10 aromatic carbocycles. The molecule has 1 heteroatoms. The molecule has 0 saturated heterocycles. The Morgan fingerprint density at radius 3 is 1.29 bits per heavy atom. The van der Waals surface area contributed by atoms with Crippen LogP contribution in [0.25, 0.3) is 76.8 Å². The normalized spacial score (nSPS) is 11.3. The first-order valence-corrected chi connectivity index (χ1v) is 18.9. The monoisotopic (exact) mass is 699 g/mol. The fourth-order valence-corrected chi connectivity index (χ4v) is 8.20. The molecule has 0 fully saturated rings. The Balaban J connectivity index is 1.14. The number of benzene rings is 10. The van der Waals surface area contributed by atoms with Crippen molar-refractivity contribution >= 4 is 49.4 Å². The first kappa shape index (κ1) is 32.4. The largest absolute Gasteiger partial charge is 0.310 e. The van der Waals surface area contributed by atoms with Crippen LogP contribution < -0.4 is 4.90 Å². The van der Waals surface area contributed by atoms with Crippen molar-refractivity contribution in [2.45, 2.75) is 0 Å². The van der Waals surface area contributed by atoms with Gasteiger partial charge in [0.15, 0.2) is 0 Å². The molecule has 0 spiro atoms. The van der Waals surface area contributed by atoms with Gasteiger partial charge in [-0.25, -0.2) is 0 Å². The fraction of sp³-hybridized carbons (Fsp3) is 0. The zero-order chi connectivity index (χ0) is 36.6. The molecule has 258 valence electrons. The Kier molecular flexibility index (Phi) is 8.24. The molecule has 1 nitrogen and oxygen atoms in total. The summed E-state index contributed by atoms with van der Waals surface area (Å²) in [6.45, 7) is 0. The number of rotatable bonds is 7. The maximum absolute atomic E-state index is 2.42. The van der Waals surface area contributed by atoms with Crippen molar-refractivity contribution < 1.29 is 0 Å². The minimum atomic E-state index is 1.09. The van der Waals surface area contributed by atoms with Gasteiger partial charge in [0.05, 0.1) is 5.69 Å². The minimum Gasteiger partial charge on any atom is -0.310 e. The van der Waals surface area contributed by atoms with Crippen molar-refractivity contribution in [1.29, 1.82) is 0 Å². The molecule has 0 aliphatic rings. The van der Waals surface area contributed by atoms with E-state index >= 15 is 0 Å². The Hall–Kier alpha value is -7.22. The molecule has 0 heterocycles. The van der Waals surface area contributed by atoms with Gasteiger partial charge in [0.2, 0.25) is 0 Å². The van der Waals surface area contributed by atoms with Crippen LogP contribution in [0.4, 0.5) is 17.1 Å². The third-order valence-corrected chi connectivity index (χ3v) is 10.9. The van der Waals surface area contributed by atoms with Gasteiger partial charge in [-0.15, -0.1) is 0 Å². The standard InChI is InChI=1S/C54H37N/c1-2-22-45(23-3-1)55(46-33-30-38(31-34-46)42-20-10-21-43(36-42)50-27-11-17-39-14-4-7-24-47(39)50)54-37-44(51-28-12-18-40-15-5-8-25-48(40)51)32-35-53(54)52-29-13-19-41-16-6-9-26-49(41)52/h1-37H. The molecule has 0 amide bonds. The molecule has 0 aromatic heterocycles. The van der Waals surface area contributed by atoms with Gasteiger partial charge in [0.25, 0.3) is 0 Å². The summed E-state index contributed by atoms with van der Waals surface area (Å²) in [6.07, 6.45) is 0. The van der Waals surface area contributed by atoms with E-state index in [1.807, 2.05) is 0 Å². The number of nitrogens with zero attached hydrogens (tertiary/aromatic N) is 1. The Morgan fingerprint density at radius 2 is 0.673 bits per heavy atom. The quantitative estimate of drug-likeness (QED) is 0.160. The van der Waals surface area contributed by atoms with Crippen molar-refractivity contribution in [2.75, 3.05) is 4.90 Å². The Labute approximate surface area is 322 Å². The van der Waals surface area contributed by atoms with E-state index in [1.54, 1.807) is 0 Å². The molecule has 0 saturated carbocycles. The van der Waals surface area contributed by atoms with E-state index in [0.29, 0.717) is 0 Å². The van der Waals surface area contributed by atoms with Crippen LogP contribution in [0.2, 0.25) is 0 Å². The van der Waals surface area contributed by atoms with E-state index < -0.39 is 0 Å². The highest BCUT2D eigenvalue weighted by atomic mass is 15.1. The smallest absolute Gasteiger partial charge is 0.0546 e. The molecule has 0 bridgehead atoms. The second-order valence-electron chi connectivity index (χ2n) is 14.1. The van der Waals surface area contributed by atoms with Crippen LogP contribution in [0.15, 0.2) is 224 Å². The summed E-state index contributed by atoms with van der Waals surface area (Å²) in [5.74, 6) is 0. The number of anilines is 3. The molecule has 0 N–H and O–H groups in total. The maximum atomic E-state index is 2.42. The van der Waals surface area contributed by atoms with Crippen LogP contribution in [0.3, 0.4) is 0 Å². The lowest BCUT2D eigenvalue weighted by Crippen LogP contribution is -2.11. The molecule has 10 aromatic rings. The summed E-state index contributed by atoms with van der Waals surface area (Å²) < 4.78 is 0. The molecule has 10 rings (SSSR count). The van der Waals surface area contributed by atoms with Crippen LogP contribution in [0.5, 0.6) is 0 Å². The molecule has 0 aliphatic heterocycles. The summed E-state index contributed by atoms with van der Waals surface area (Å²) in [7, 11) is 0. The summed E-state index contributed by atoms with van der Waals surface area (Å²) in [6, 6.07) is 81.5. The minimum absolute atomic E-state index is 1.09. The van der Waals surface area contributed by atoms with Crippen LogP contribution in [-0.4, -0.2) is 0 Å². The summed E-state index contributed by atoms with van der Waals surface area (Å²) in [5, 5.41) is 7.46. The molecular weight excluding hydrogens is 663 g/mol. The predicted molar refractivity (Wildman–Crippen MR) is 235 cm³/mol. The third-order valence-electron chi connectivity index (χ3n) is 10.9. The zero-order valence-electron chi connectivity index (χ0n) is 30.3. The molecular formula is C54H37N. The number of fused-ring (bicyclic) bond motifs is 3. The second-order valence-corrected chi connectivity index (χ2v) is 14.1. The Bertz CT molecular complexity index is 2960. The van der Waals surface area contributed by atoms with Gasteiger partial charge in [0, 0.05) is 16.9 Å². The number of hydrogen-bond donors (Lipinski definition) is 0. The van der Waals surface area contributed by atoms with E-state index in [0.717, 1.165) is 17.1 Å². The molecule has 0 radical (unpaired) electrons. The molecule has 55 heavy (non-hydrogen) atoms.